The van der Waals surface area contributed by atoms with Gasteiger partial charge in [0, 0.05) is 34.9 Å². The summed E-state index contributed by atoms with van der Waals surface area (Å²) in [5, 5.41) is 17.7. The molecule has 0 unspecified atom stereocenters. The molecule has 0 spiro atoms. The van der Waals surface area contributed by atoms with Crippen molar-refractivity contribution in [1.29, 1.82) is 5.26 Å². The zero-order valence-electron chi connectivity index (χ0n) is 18.7. The van der Waals surface area contributed by atoms with Crippen LogP contribution in [0.25, 0.3) is 27.6 Å². The lowest BCUT2D eigenvalue weighted by atomic mass is 10.0. The first-order valence-electron chi connectivity index (χ1n) is 10.5. The Labute approximate surface area is 201 Å². The molecule has 0 aliphatic rings. The van der Waals surface area contributed by atoms with Gasteiger partial charge in [0.15, 0.2) is 5.82 Å². The Hall–Kier alpha value is -4.22. The summed E-state index contributed by atoms with van der Waals surface area (Å²) in [7, 11) is 0. The van der Waals surface area contributed by atoms with Gasteiger partial charge < -0.3 is 15.6 Å². The summed E-state index contributed by atoms with van der Waals surface area (Å²) >= 11 is 6.15. The summed E-state index contributed by atoms with van der Waals surface area (Å²) in [6.07, 6.45) is 2.88. The largest absolute Gasteiger partial charge is 0.404 e. The number of anilines is 1. The first-order chi connectivity index (χ1) is 16.5. The summed E-state index contributed by atoms with van der Waals surface area (Å²) in [6, 6.07) is 15.5. The second-order valence-electron chi connectivity index (χ2n) is 7.56. The minimum absolute atomic E-state index is 0.0194. The number of aryl methyl sites for hydroxylation is 2. The van der Waals surface area contributed by atoms with Gasteiger partial charge in [-0.05, 0) is 49.2 Å². The fourth-order valence-corrected chi connectivity index (χ4v) is 3.85. The molecule has 3 N–H and O–H groups in total. The molecule has 0 saturated heterocycles. The molecule has 0 amide bonds. The number of hydrogen-bond acceptors (Lipinski definition) is 8. The minimum Gasteiger partial charge on any atom is -0.404 e. The van der Waals surface area contributed by atoms with Crippen molar-refractivity contribution in [3.8, 4) is 17.2 Å². The van der Waals surface area contributed by atoms with E-state index in [9.17, 15) is 0 Å². The number of benzene rings is 2. The van der Waals surface area contributed by atoms with Gasteiger partial charge in [-0.15, -0.1) is 0 Å². The van der Waals surface area contributed by atoms with Gasteiger partial charge in [0.2, 0.25) is 0 Å². The number of aromatic nitrogens is 3. The van der Waals surface area contributed by atoms with Gasteiger partial charge in [0.25, 0.3) is 0 Å². The highest BCUT2D eigenvalue weighted by atomic mass is 35.5. The van der Waals surface area contributed by atoms with Crippen LogP contribution in [0.3, 0.4) is 0 Å². The number of nitrogens with one attached hydrogen (secondary N) is 1. The Balaban J connectivity index is 1.82. The van der Waals surface area contributed by atoms with E-state index in [1.807, 2.05) is 62.4 Å². The van der Waals surface area contributed by atoms with Crippen molar-refractivity contribution in [1.82, 2.24) is 15.1 Å². The summed E-state index contributed by atoms with van der Waals surface area (Å²) in [5.74, 6) is 1.77. The summed E-state index contributed by atoms with van der Waals surface area (Å²) in [5.41, 5.74) is 10.8. The molecule has 2 heterocycles. The molecule has 4 aromatic rings. The van der Waals surface area contributed by atoms with Crippen molar-refractivity contribution < 1.29 is 4.52 Å². The van der Waals surface area contributed by atoms with Crippen LogP contribution in [0.2, 0.25) is 5.02 Å². The molecule has 8 nitrogen and oxygen atoms in total. The van der Waals surface area contributed by atoms with E-state index in [2.05, 4.69) is 20.4 Å². The third-order valence-corrected chi connectivity index (χ3v) is 5.43. The van der Waals surface area contributed by atoms with Crippen LogP contribution in [0, 0.1) is 25.2 Å². The van der Waals surface area contributed by atoms with Crippen LogP contribution in [-0.2, 0) is 6.54 Å². The molecule has 0 saturated carbocycles. The lowest BCUT2D eigenvalue weighted by Gasteiger charge is -2.13. The number of nitrogens with two attached hydrogens (primary N) is 1. The number of rotatable bonds is 7. The van der Waals surface area contributed by atoms with E-state index >= 15 is 0 Å². The number of hydrogen-bond donors (Lipinski definition) is 2. The quantitative estimate of drug-likeness (QED) is 0.285. The molecule has 0 atom stereocenters. The maximum absolute atomic E-state index is 8.77. The lowest BCUT2D eigenvalue weighted by molar-refractivity contribution is 0.393. The maximum Gasteiger partial charge on any atom is 0.165 e. The Morgan fingerprint density at radius 3 is 2.79 bits per heavy atom. The Morgan fingerprint density at radius 1 is 1.24 bits per heavy atom. The number of aliphatic imine (C=N–C) groups is 1. The zero-order valence-corrected chi connectivity index (χ0v) is 19.5. The molecule has 0 fully saturated rings. The summed E-state index contributed by atoms with van der Waals surface area (Å²) in [6.45, 7) is 4.32. The highest BCUT2D eigenvalue weighted by Gasteiger charge is 2.15. The van der Waals surface area contributed by atoms with E-state index in [1.54, 1.807) is 0 Å². The molecular formula is C25H22ClN7O. The van der Waals surface area contributed by atoms with Crippen molar-refractivity contribution in [3.63, 3.8) is 0 Å². The standard InChI is InChI=1S/C25H22ClN7O/c1-15-23(16(2)34-33-15)18-6-7-22-21(11-18)25(30-13-17-4-3-5-20(26)10-17)32-24(31-22)19(12-28)14-29-9-8-27/h3-7,10-12,14H,9,13,28H2,1-2H3,(H,30,31,32). The molecule has 9 heteroatoms. The molecule has 0 aliphatic carbocycles. The second kappa shape index (κ2) is 10.1. The molecule has 170 valence electrons. The summed E-state index contributed by atoms with van der Waals surface area (Å²) < 4.78 is 5.35. The topological polar surface area (TPSA) is 126 Å². The average molecular weight is 472 g/mol. The van der Waals surface area contributed by atoms with Crippen molar-refractivity contribution >= 4 is 40.1 Å². The van der Waals surface area contributed by atoms with E-state index in [-0.39, 0.29) is 6.54 Å². The lowest BCUT2D eigenvalue weighted by Crippen LogP contribution is -2.07. The highest BCUT2D eigenvalue weighted by Crippen LogP contribution is 2.32. The van der Waals surface area contributed by atoms with E-state index in [0.717, 1.165) is 39.0 Å². The number of allylic oxidation sites excluding steroid dienone is 1. The van der Waals surface area contributed by atoms with E-state index < -0.39 is 0 Å². The molecular weight excluding hydrogens is 450 g/mol. The number of fused-ring (bicyclic) bond motifs is 1. The Kier molecular flexibility index (Phi) is 6.85. The minimum atomic E-state index is 0.0194. The number of nitriles is 1. The third-order valence-electron chi connectivity index (χ3n) is 5.20. The summed E-state index contributed by atoms with van der Waals surface area (Å²) in [4.78, 5) is 13.5. The molecule has 0 radical (unpaired) electrons. The predicted molar refractivity (Wildman–Crippen MR) is 134 cm³/mol. The molecule has 2 aromatic carbocycles. The number of halogens is 1. The first-order valence-corrected chi connectivity index (χ1v) is 10.9. The molecule has 4 rings (SSSR count). The Morgan fingerprint density at radius 2 is 2.09 bits per heavy atom. The fourth-order valence-electron chi connectivity index (χ4n) is 3.64. The maximum atomic E-state index is 8.77. The molecule has 2 aromatic heterocycles. The molecule has 34 heavy (non-hydrogen) atoms. The van der Waals surface area contributed by atoms with E-state index in [0.29, 0.717) is 28.8 Å². The van der Waals surface area contributed by atoms with Crippen molar-refractivity contribution in [2.75, 3.05) is 11.9 Å². The molecule has 0 aliphatic heterocycles. The van der Waals surface area contributed by atoms with Crippen molar-refractivity contribution in [2.45, 2.75) is 20.4 Å². The van der Waals surface area contributed by atoms with Gasteiger partial charge in [0.05, 0.1) is 22.9 Å². The van der Waals surface area contributed by atoms with Crippen LogP contribution < -0.4 is 11.1 Å². The van der Waals surface area contributed by atoms with Crippen LogP contribution in [0.4, 0.5) is 5.82 Å². The number of nitrogens with zero attached hydrogens (tertiary/aromatic N) is 5. The van der Waals surface area contributed by atoms with Gasteiger partial charge in [0.1, 0.15) is 18.1 Å². The monoisotopic (exact) mass is 471 g/mol. The average Bonchev–Trinajstić information content (AvgIpc) is 3.17. The SMILES string of the molecule is Cc1noc(C)c1-c1ccc2nc(C(C=NCC#N)=CN)nc(NCc3cccc(Cl)c3)c2c1. The van der Waals surface area contributed by atoms with Crippen LogP contribution in [0.1, 0.15) is 22.8 Å². The van der Waals surface area contributed by atoms with Crippen molar-refractivity contribution in [3.05, 3.63) is 76.5 Å². The van der Waals surface area contributed by atoms with E-state index in [4.69, 9.17) is 32.1 Å². The second-order valence-corrected chi connectivity index (χ2v) is 8.00. The smallest absolute Gasteiger partial charge is 0.165 e. The van der Waals surface area contributed by atoms with Crippen LogP contribution in [0.15, 0.2) is 58.2 Å². The molecule has 0 bridgehead atoms. The van der Waals surface area contributed by atoms with Gasteiger partial charge in [-0.2, -0.15) is 5.26 Å². The highest BCUT2D eigenvalue weighted by molar-refractivity contribution is 6.30. The predicted octanol–water partition coefficient (Wildman–Crippen LogP) is 5.06. The van der Waals surface area contributed by atoms with E-state index in [1.165, 1.54) is 12.4 Å². The van der Waals surface area contributed by atoms with Gasteiger partial charge >= 0.3 is 0 Å². The normalized spacial score (nSPS) is 11.8. The fraction of sp³-hybridized carbons (Fsp3) is 0.160. The van der Waals surface area contributed by atoms with Gasteiger partial charge in [-0.25, -0.2) is 9.97 Å². The third kappa shape index (κ3) is 4.90. The van der Waals surface area contributed by atoms with Gasteiger partial charge in [-0.3, -0.25) is 4.99 Å². The van der Waals surface area contributed by atoms with Crippen molar-refractivity contribution in [2.24, 2.45) is 10.7 Å². The van der Waals surface area contributed by atoms with Crippen LogP contribution in [-0.4, -0.2) is 27.9 Å². The Bertz CT molecular complexity index is 1430. The van der Waals surface area contributed by atoms with Gasteiger partial charge in [-0.1, -0.05) is 35.0 Å². The zero-order chi connectivity index (χ0) is 24.1. The van der Waals surface area contributed by atoms with Crippen LogP contribution >= 0.6 is 11.6 Å². The van der Waals surface area contributed by atoms with Crippen LogP contribution in [0.5, 0.6) is 0 Å². The first kappa shape index (κ1) is 23.0.